The highest BCUT2D eigenvalue weighted by molar-refractivity contribution is 6.50. The standard InChI is InChI=1S/C21H28OSi/c1-2-3-4-5-12-17-22-23(18-20-13-8-6-9-14-20)19-21-15-10-7-11-16-21/h2,6-11,13-16,23H,1,3-5,12,17-19H2. The van der Waals surface area contributed by atoms with Gasteiger partial charge in [0.15, 0.2) is 9.04 Å². The zero-order valence-corrected chi connectivity index (χ0v) is 15.1. The second-order valence-electron chi connectivity index (χ2n) is 6.01. The van der Waals surface area contributed by atoms with Crippen molar-refractivity contribution in [2.24, 2.45) is 0 Å². The van der Waals surface area contributed by atoms with Crippen molar-refractivity contribution in [3.05, 3.63) is 84.4 Å². The van der Waals surface area contributed by atoms with E-state index in [0.717, 1.165) is 25.1 Å². The molecule has 0 saturated carbocycles. The first kappa shape index (κ1) is 17.7. The van der Waals surface area contributed by atoms with Crippen molar-refractivity contribution in [1.82, 2.24) is 0 Å². The van der Waals surface area contributed by atoms with E-state index in [1.165, 1.54) is 30.4 Å². The fourth-order valence-electron chi connectivity index (χ4n) is 2.76. The lowest BCUT2D eigenvalue weighted by molar-refractivity contribution is 0.304. The average molecular weight is 325 g/mol. The van der Waals surface area contributed by atoms with Gasteiger partial charge in [-0.25, -0.2) is 0 Å². The molecule has 0 aromatic heterocycles. The van der Waals surface area contributed by atoms with Crippen LogP contribution in [-0.2, 0) is 16.5 Å². The van der Waals surface area contributed by atoms with Gasteiger partial charge in [-0.2, -0.15) is 0 Å². The number of unbranched alkanes of at least 4 members (excludes halogenated alkanes) is 3. The molecule has 0 atom stereocenters. The molecular weight excluding hydrogens is 296 g/mol. The van der Waals surface area contributed by atoms with Crippen LogP contribution >= 0.6 is 0 Å². The second-order valence-corrected chi connectivity index (χ2v) is 8.40. The minimum atomic E-state index is -1.27. The molecule has 2 aromatic carbocycles. The van der Waals surface area contributed by atoms with E-state index in [1.807, 2.05) is 6.08 Å². The second kappa shape index (κ2) is 11.0. The first-order valence-corrected chi connectivity index (χ1v) is 10.8. The quantitative estimate of drug-likeness (QED) is 0.320. The highest BCUT2D eigenvalue weighted by Gasteiger charge is 2.14. The summed E-state index contributed by atoms with van der Waals surface area (Å²) >= 11 is 0. The van der Waals surface area contributed by atoms with Gasteiger partial charge in [0, 0.05) is 6.61 Å². The predicted molar refractivity (Wildman–Crippen MR) is 102 cm³/mol. The van der Waals surface area contributed by atoms with E-state index in [1.54, 1.807) is 0 Å². The molecule has 0 aliphatic heterocycles. The minimum absolute atomic E-state index is 0.910. The van der Waals surface area contributed by atoms with E-state index in [9.17, 15) is 0 Å². The first-order valence-electron chi connectivity index (χ1n) is 8.69. The molecule has 0 heterocycles. The van der Waals surface area contributed by atoms with E-state index in [-0.39, 0.29) is 0 Å². The third-order valence-electron chi connectivity index (χ3n) is 4.02. The van der Waals surface area contributed by atoms with Gasteiger partial charge in [0.2, 0.25) is 0 Å². The van der Waals surface area contributed by atoms with E-state index >= 15 is 0 Å². The number of benzene rings is 2. The van der Waals surface area contributed by atoms with Gasteiger partial charge in [-0.1, -0.05) is 73.2 Å². The normalized spacial score (nSPS) is 10.8. The van der Waals surface area contributed by atoms with Gasteiger partial charge in [0.1, 0.15) is 0 Å². The largest absolute Gasteiger partial charge is 0.419 e. The summed E-state index contributed by atoms with van der Waals surface area (Å²) in [6.45, 7) is 4.69. The van der Waals surface area contributed by atoms with Gasteiger partial charge in [0.25, 0.3) is 0 Å². The molecule has 2 heteroatoms. The molecule has 0 unspecified atom stereocenters. The van der Waals surface area contributed by atoms with Crippen LogP contribution in [0.5, 0.6) is 0 Å². The van der Waals surface area contributed by atoms with Crippen LogP contribution in [0.3, 0.4) is 0 Å². The van der Waals surface area contributed by atoms with Crippen molar-refractivity contribution in [1.29, 1.82) is 0 Å². The topological polar surface area (TPSA) is 9.23 Å². The Labute approximate surface area is 142 Å². The van der Waals surface area contributed by atoms with E-state index < -0.39 is 9.04 Å². The summed E-state index contributed by atoms with van der Waals surface area (Å²) in [6, 6.07) is 23.8. The van der Waals surface area contributed by atoms with Crippen LogP contribution in [0.25, 0.3) is 0 Å². The number of allylic oxidation sites excluding steroid dienone is 1. The Hall–Kier alpha value is -1.64. The van der Waals surface area contributed by atoms with Gasteiger partial charge >= 0.3 is 0 Å². The molecule has 0 saturated heterocycles. The highest BCUT2D eigenvalue weighted by Crippen LogP contribution is 2.10. The van der Waals surface area contributed by atoms with Crippen LogP contribution in [0, 0.1) is 0 Å². The Morgan fingerprint density at radius 1 is 0.783 bits per heavy atom. The summed E-state index contributed by atoms with van der Waals surface area (Å²) in [5, 5.41) is 0. The van der Waals surface area contributed by atoms with Crippen LogP contribution in [0.4, 0.5) is 0 Å². The summed E-state index contributed by atoms with van der Waals surface area (Å²) in [5.41, 5.74) is 2.82. The van der Waals surface area contributed by atoms with Crippen LogP contribution < -0.4 is 0 Å². The van der Waals surface area contributed by atoms with Crippen molar-refractivity contribution in [2.75, 3.05) is 6.61 Å². The summed E-state index contributed by atoms with van der Waals surface area (Å²) < 4.78 is 6.34. The summed E-state index contributed by atoms with van der Waals surface area (Å²) in [4.78, 5) is 0. The third kappa shape index (κ3) is 7.44. The maximum atomic E-state index is 6.34. The molecule has 23 heavy (non-hydrogen) atoms. The third-order valence-corrected chi connectivity index (χ3v) is 6.58. The summed E-state index contributed by atoms with van der Waals surface area (Å²) in [7, 11) is -1.27. The monoisotopic (exact) mass is 324 g/mol. The predicted octanol–water partition coefficient (Wildman–Crippen LogP) is 5.04. The van der Waals surface area contributed by atoms with E-state index in [0.29, 0.717) is 0 Å². The zero-order valence-electron chi connectivity index (χ0n) is 14.0. The highest BCUT2D eigenvalue weighted by atomic mass is 28.3. The summed E-state index contributed by atoms with van der Waals surface area (Å²) in [5.74, 6) is 0. The Morgan fingerprint density at radius 3 is 1.87 bits per heavy atom. The lowest BCUT2D eigenvalue weighted by Crippen LogP contribution is -2.26. The fourth-order valence-corrected chi connectivity index (χ4v) is 5.24. The van der Waals surface area contributed by atoms with Crippen LogP contribution in [0.2, 0.25) is 0 Å². The van der Waals surface area contributed by atoms with Gasteiger partial charge in [-0.3, -0.25) is 0 Å². The molecule has 0 spiro atoms. The van der Waals surface area contributed by atoms with Crippen LogP contribution in [0.1, 0.15) is 36.8 Å². The average Bonchev–Trinajstić information content (AvgIpc) is 2.60. The zero-order chi connectivity index (χ0) is 16.2. The molecule has 0 aliphatic carbocycles. The molecule has 0 fully saturated rings. The lowest BCUT2D eigenvalue weighted by Gasteiger charge is -2.17. The number of rotatable bonds is 11. The smallest absolute Gasteiger partial charge is 0.185 e. The van der Waals surface area contributed by atoms with E-state index in [2.05, 4.69) is 67.2 Å². The molecule has 0 aliphatic rings. The Morgan fingerprint density at radius 2 is 1.35 bits per heavy atom. The van der Waals surface area contributed by atoms with E-state index in [4.69, 9.17) is 4.43 Å². The van der Waals surface area contributed by atoms with Crippen LogP contribution in [0.15, 0.2) is 73.3 Å². The van der Waals surface area contributed by atoms with Crippen LogP contribution in [-0.4, -0.2) is 15.6 Å². The Bertz CT molecular complexity index is 497. The molecule has 1 nitrogen and oxygen atoms in total. The molecule has 2 aromatic rings. The molecule has 0 amide bonds. The van der Waals surface area contributed by atoms with Crippen molar-refractivity contribution in [3.8, 4) is 0 Å². The molecular formula is C21H28OSi. The first-order chi connectivity index (χ1) is 11.4. The number of hydrogen-bond acceptors (Lipinski definition) is 1. The SMILES string of the molecule is C=CCCCCCO[SiH](Cc1ccccc1)Cc1ccccc1. The van der Waals surface area contributed by atoms with Gasteiger partial charge in [0.05, 0.1) is 0 Å². The fraction of sp³-hybridized carbons (Fsp3) is 0.333. The molecule has 0 radical (unpaired) electrons. The van der Waals surface area contributed by atoms with Crippen molar-refractivity contribution < 1.29 is 4.43 Å². The molecule has 0 bridgehead atoms. The Kier molecular flexibility index (Phi) is 8.45. The van der Waals surface area contributed by atoms with Gasteiger partial charge in [-0.05, 0) is 42.5 Å². The Balaban J connectivity index is 1.84. The molecule has 0 N–H and O–H groups in total. The maximum absolute atomic E-state index is 6.34. The number of hydrogen-bond donors (Lipinski definition) is 0. The lowest BCUT2D eigenvalue weighted by atomic mass is 10.2. The van der Waals surface area contributed by atoms with Gasteiger partial charge in [-0.15, -0.1) is 6.58 Å². The molecule has 122 valence electrons. The van der Waals surface area contributed by atoms with Gasteiger partial charge < -0.3 is 4.43 Å². The summed E-state index contributed by atoms with van der Waals surface area (Å²) in [6.07, 6.45) is 6.76. The van der Waals surface area contributed by atoms with Crippen molar-refractivity contribution in [2.45, 2.75) is 37.8 Å². The maximum Gasteiger partial charge on any atom is 0.185 e. The molecule has 2 rings (SSSR count). The van der Waals surface area contributed by atoms with Crippen molar-refractivity contribution >= 4 is 9.04 Å². The minimum Gasteiger partial charge on any atom is -0.419 e. The van der Waals surface area contributed by atoms with Crippen molar-refractivity contribution in [3.63, 3.8) is 0 Å².